The summed E-state index contributed by atoms with van der Waals surface area (Å²) in [6.45, 7) is 3.14. The summed E-state index contributed by atoms with van der Waals surface area (Å²) in [4.78, 5) is 22.5. The standard InChI is InChI=1S/C17H14ClN3O4/c1-10-7-14(5-6-16(10)21(23)24)25-11(2)17(22)20-13-4-3-12(9-19)15(18)8-13/h3-8,11H,1-2H3,(H,20,22)/t11-/m1/s1. The number of ether oxygens (including phenoxy) is 1. The van der Waals surface area contributed by atoms with E-state index in [1.807, 2.05) is 6.07 Å². The summed E-state index contributed by atoms with van der Waals surface area (Å²) in [5.74, 6) is -0.0691. The van der Waals surface area contributed by atoms with Gasteiger partial charge in [-0.1, -0.05) is 11.6 Å². The van der Waals surface area contributed by atoms with E-state index in [9.17, 15) is 14.9 Å². The van der Waals surface area contributed by atoms with Gasteiger partial charge >= 0.3 is 0 Å². The Morgan fingerprint density at radius 1 is 1.36 bits per heavy atom. The van der Waals surface area contributed by atoms with Gasteiger partial charge in [-0.15, -0.1) is 0 Å². The zero-order valence-electron chi connectivity index (χ0n) is 13.4. The minimum atomic E-state index is -0.838. The highest BCUT2D eigenvalue weighted by Crippen LogP contribution is 2.24. The lowest BCUT2D eigenvalue weighted by molar-refractivity contribution is -0.385. The summed E-state index contributed by atoms with van der Waals surface area (Å²) in [5, 5.41) is 22.5. The first kappa shape index (κ1) is 18.2. The second kappa shape index (κ2) is 7.64. The average Bonchev–Trinajstić information content (AvgIpc) is 2.54. The maximum atomic E-state index is 12.2. The molecule has 0 spiro atoms. The number of nitrogens with zero attached hydrogens (tertiary/aromatic N) is 2. The Hall–Kier alpha value is -3.11. The molecule has 1 atom stereocenters. The van der Waals surface area contributed by atoms with Crippen LogP contribution < -0.4 is 10.1 Å². The van der Waals surface area contributed by atoms with Gasteiger partial charge in [0.05, 0.1) is 15.5 Å². The zero-order chi connectivity index (χ0) is 18.6. The van der Waals surface area contributed by atoms with Gasteiger partial charge in [-0.25, -0.2) is 0 Å². The number of nitro benzene ring substituents is 1. The number of hydrogen-bond acceptors (Lipinski definition) is 5. The number of nitriles is 1. The van der Waals surface area contributed by atoms with Gasteiger partial charge in [-0.3, -0.25) is 14.9 Å². The zero-order valence-corrected chi connectivity index (χ0v) is 14.2. The van der Waals surface area contributed by atoms with Gasteiger partial charge < -0.3 is 10.1 Å². The molecule has 0 bridgehead atoms. The van der Waals surface area contributed by atoms with E-state index < -0.39 is 16.9 Å². The smallest absolute Gasteiger partial charge is 0.272 e. The van der Waals surface area contributed by atoms with Crippen LogP contribution in [0.4, 0.5) is 11.4 Å². The predicted octanol–water partition coefficient (Wildman–Crippen LogP) is 3.83. The maximum Gasteiger partial charge on any atom is 0.272 e. The van der Waals surface area contributed by atoms with Gasteiger partial charge in [0.1, 0.15) is 11.8 Å². The summed E-state index contributed by atoms with van der Waals surface area (Å²) < 4.78 is 5.52. The highest BCUT2D eigenvalue weighted by molar-refractivity contribution is 6.32. The average molecular weight is 360 g/mol. The molecule has 1 N–H and O–H groups in total. The minimum absolute atomic E-state index is 0.0170. The first-order chi connectivity index (χ1) is 11.8. The van der Waals surface area contributed by atoms with Crippen molar-refractivity contribution in [1.29, 1.82) is 5.26 Å². The summed E-state index contributed by atoms with van der Waals surface area (Å²) in [5.41, 5.74) is 1.17. The number of amides is 1. The van der Waals surface area contributed by atoms with Crippen LogP contribution in [0.25, 0.3) is 0 Å². The third kappa shape index (κ3) is 4.46. The molecule has 1 amide bonds. The van der Waals surface area contributed by atoms with E-state index in [2.05, 4.69) is 5.32 Å². The largest absolute Gasteiger partial charge is 0.481 e. The second-order valence-electron chi connectivity index (χ2n) is 5.26. The van der Waals surface area contributed by atoms with Crippen molar-refractivity contribution < 1.29 is 14.5 Å². The van der Waals surface area contributed by atoms with Crippen molar-refractivity contribution in [3.05, 3.63) is 62.7 Å². The molecule has 0 aliphatic carbocycles. The molecule has 0 fully saturated rings. The van der Waals surface area contributed by atoms with Crippen molar-refractivity contribution in [2.45, 2.75) is 20.0 Å². The van der Waals surface area contributed by atoms with Gasteiger partial charge in [-0.05, 0) is 44.2 Å². The molecule has 2 aromatic carbocycles. The number of hydrogen-bond donors (Lipinski definition) is 1. The molecule has 128 valence electrons. The van der Waals surface area contributed by atoms with Crippen LogP contribution in [0.1, 0.15) is 18.1 Å². The van der Waals surface area contributed by atoms with E-state index in [1.165, 1.54) is 30.3 Å². The van der Waals surface area contributed by atoms with Crippen LogP contribution in [0.2, 0.25) is 5.02 Å². The van der Waals surface area contributed by atoms with E-state index in [0.717, 1.165) is 0 Å². The van der Waals surface area contributed by atoms with Crippen molar-refractivity contribution in [2.24, 2.45) is 0 Å². The Kier molecular flexibility index (Phi) is 5.57. The SMILES string of the molecule is Cc1cc(O[C@H](C)C(=O)Nc2ccc(C#N)c(Cl)c2)ccc1[N+](=O)[O-]. The number of carbonyl (C=O) groups excluding carboxylic acids is 1. The first-order valence-electron chi connectivity index (χ1n) is 7.24. The van der Waals surface area contributed by atoms with Crippen LogP contribution in [-0.2, 0) is 4.79 Å². The van der Waals surface area contributed by atoms with Crippen LogP contribution in [0.3, 0.4) is 0 Å². The summed E-state index contributed by atoms with van der Waals surface area (Å²) >= 11 is 5.92. The number of halogens is 1. The molecule has 0 aliphatic heterocycles. The number of carbonyl (C=O) groups is 1. The first-order valence-corrected chi connectivity index (χ1v) is 7.62. The predicted molar refractivity (Wildman–Crippen MR) is 92.7 cm³/mol. The van der Waals surface area contributed by atoms with Crippen LogP contribution in [0.5, 0.6) is 5.75 Å². The van der Waals surface area contributed by atoms with Gasteiger partial charge in [0.25, 0.3) is 11.6 Å². The Balaban J connectivity index is 2.05. The van der Waals surface area contributed by atoms with Crippen LogP contribution >= 0.6 is 11.6 Å². The highest BCUT2D eigenvalue weighted by Gasteiger charge is 2.17. The number of nitro groups is 1. The van der Waals surface area contributed by atoms with Gasteiger partial charge in [0.15, 0.2) is 6.10 Å². The summed E-state index contributed by atoms with van der Waals surface area (Å²) in [6, 6.07) is 10.7. The minimum Gasteiger partial charge on any atom is -0.481 e. The lowest BCUT2D eigenvalue weighted by Gasteiger charge is -2.15. The molecule has 8 heteroatoms. The van der Waals surface area contributed by atoms with E-state index >= 15 is 0 Å². The van der Waals surface area contributed by atoms with Crippen molar-refractivity contribution in [2.75, 3.05) is 5.32 Å². The molecule has 0 radical (unpaired) electrons. The van der Waals surface area contributed by atoms with Gasteiger partial charge in [0, 0.05) is 17.3 Å². The fourth-order valence-electron chi connectivity index (χ4n) is 2.09. The molecule has 0 aliphatic rings. The molecule has 0 saturated heterocycles. The van der Waals surface area contributed by atoms with Gasteiger partial charge in [-0.2, -0.15) is 5.26 Å². The highest BCUT2D eigenvalue weighted by atomic mass is 35.5. The van der Waals surface area contributed by atoms with Crippen LogP contribution in [0, 0.1) is 28.4 Å². The quantitative estimate of drug-likeness (QED) is 0.645. The third-order valence-corrected chi connectivity index (χ3v) is 3.72. The van der Waals surface area contributed by atoms with E-state index in [4.69, 9.17) is 21.6 Å². The van der Waals surface area contributed by atoms with Crippen LogP contribution in [0.15, 0.2) is 36.4 Å². The van der Waals surface area contributed by atoms with Crippen molar-refractivity contribution in [3.8, 4) is 11.8 Å². The molecule has 7 nitrogen and oxygen atoms in total. The van der Waals surface area contributed by atoms with Crippen molar-refractivity contribution in [3.63, 3.8) is 0 Å². The molecule has 0 heterocycles. The van der Waals surface area contributed by atoms with Crippen LogP contribution in [-0.4, -0.2) is 16.9 Å². The molecule has 0 saturated carbocycles. The van der Waals surface area contributed by atoms with E-state index in [-0.39, 0.29) is 10.7 Å². The molecular weight excluding hydrogens is 346 g/mol. The number of rotatable bonds is 5. The van der Waals surface area contributed by atoms with E-state index in [0.29, 0.717) is 22.6 Å². The fraction of sp³-hybridized carbons (Fsp3) is 0.176. The lowest BCUT2D eigenvalue weighted by atomic mass is 10.2. The Labute approximate surface area is 148 Å². The molecule has 2 rings (SSSR count). The Bertz CT molecular complexity index is 877. The number of anilines is 1. The number of nitrogens with one attached hydrogen (secondary N) is 1. The molecular formula is C17H14ClN3O4. The lowest BCUT2D eigenvalue weighted by Crippen LogP contribution is -2.30. The monoisotopic (exact) mass is 359 g/mol. The van der Waals surface area contributed by atoms with E-state index in [1.54, 1.807) is 19.9 Å². The second-order valence-corrected chi connectivity index (χ2v) is 5.67. The molecule has 25 heavy (non-hydrogen) atoms. The summed E-state index contributed by atoms with van der Waals surface area (Å²) in [6.07, 6.45) is -0.838. The molecule has 0 unspecified atom stereocenters. The molecule has 2 aromatic rings. The third-order valence-electron chi connectivity index (χ3n) is 3.40. The fourth-order valence-corrected chi connectivity index (χ4v) is 2.31. The Morgan fingerprint density at radius 2 is 2.08 bits per heavy atom. The van der Waals surface area contributed by atoms with Crippen molar-refractivity contribution >= 4 is 28.9 Å². The number of benzene rings is 2. The maximum absolute atomic E-state index is 12.2. The van der Waals surface area contributed by atoms with Crippen molar-refractivity contribution in [1.82, 2.24) is 0 Å². The topological polar surface area (TPSA) is 105 Å². The Morgan fingerprint density at radius 3 is 2.64 bits per heavy atom. The number of aryl methyl sites for hydroxylation is 1. The molecule has 0 aromatic heterocycles. The normalized spacial score (nSPS) is 11.3. The van der Waals surface area contributed by atoms with Gasteiger partial charge in [0.2, 0.25) is 0 Å². The summed E-state index contributed by atoms with van der Waals surface area (Å²) in [7, 11) is 0.